The highest BCUT2D eigenvalue weighted by Gasteiger charge is 2.27. The summed E-state index contributed by atoms with van der Waals surface area (Å²) >= 11 is 0. The van der Waals surface area contributed by atoms with Crippen LogP contribution in [0.5, 0.6) is 0 Å². The fraction of sp³-hybridized carbons (Fsp3) is 0.625. The highest BCUT2D eigenvalue weighted by atomic mass is 15.2. The maximum atomic E-state index is 3.70. The van der Waals surface area contributed by atoms with Gasteiger partial charge in [0.1, 0.15) is 0 Å². The van der Waals surface area contributed by atoms with Gasteiger partial charge in [-0.3, -0.25) is 0 Å². The van der Waals surface area contributed by atoms with Crippen LogP contribution >= 0.6 is 0 Å². The molecule has 1 N–H and O–H groups in total. The zero-order valence-corrected chi connectivity index (χ0v) is 12.0. The van der Waals surface area contributed by atoms with Gasteiger partial charge >= 0.3 is 0 Å². The molecular weight excluding hydrogens is 220 g/mol. The van der Waals surface area contributed by atoms with E-state index >= 15 is 0 Å². The van der Waals surface area contributed by atoms with Crippen molar-refractivity contribution >= 4 is 5.69 Å². The zero-order chi connectivity index (χ0) is 13.0. The number of para-hydroxylation sites is 1. The molecule has 2 nitrogen and oxygen atoms in total. The fourth-order valence-electron chi connectivity index (χ4n) is 2.78. The van der Waals surface area contributed by atoms with Gasteiger partial charge in [0.25, 0.3) is 0 Å². The molecule has 1 unspecified atom stereocenters. The van der Waals surface area contributed by atoms with E-state index in [0.29, 0.717) is 0 Å². The van der Waals surface area contributed by atoms with E-state index in [4.69, 9.17) is 0 Å². The van der Waals surface area contributed by atoms with Crippen molar-refractivity contribution in [3.8, 4) is 0 Å². The van der Waals surface area contributed by atoms with Crippen molar-refractivity contribution in [3.63, 3.8) is 0 Å². The maximum absolute atomic E-state index is 3.70. The Balaban J connectivity index is 2.25. The Hall–Kier alpha value is -1.02. The molecule has 1 atom stereocenters. The van der Waals surface area contributed by atoms with Crippen LogP contribution in [0.1, 0.15) is 39.2 Å². The molecule has 1 aliphatic heterocycles. The molecule has 2 rings (SSSR count). The van der Waals surface area contributed by atoms with Crippen molar-refractivity contribution in [2.45, 2.75) is 45.6 Å². The molecule has 0 amide bonds. The smallest absolute Gasteiger partial charge is 0.0399 e. The van der Waals surface area contributed by atoms with E-state index in [9.17, 15) is 0 Å². The Kier molecular flexibility index (Phi) is 4.28. The number of hydrogen-bond donors (Lipinski definition) is 1. The van der Waals surface area contributed by atoms with E-state index in [-0.39, 0.29) is 5.54 Å². The summed E-state index contributed by atoms with van der Waals surface area (Å²) in [6.07, 6.45) is 3.52. The van der Waals surface area contributed by atoms with E-state index in [1.807, 2.05) is 0 Å². The number of aryl methyl sites for hydroxylation is 1. The molecule has 0 radical (unpaired) electrons. The quantitative estimate of drug-likeness (QED) is 0.881. The summed E-state index contributed by atoms with van der Waals surface area (Å²) in [5, 5.41) is 3.70. The van der Waals surface area contributed by atoms with Gasteiger partial charge in [0.05, 0.1) is 0 Å². The average Bonchev–Trinajstić information content (AvgIpc) is 2.61. The molecule has 1 aromatic carbocycles. The van der Waals surface area contributed by atoms with Gasteiger partial charge in [-0.1, -0.05) is 32.0 Å². The van der Waals surface area contributed by atoms with Crippen molar-refractivity contribution in [1.82, 2.24) is 5.32 Å². The number of hydrogen-bond acceptors (Lipinski definition) is 2. The second kappa shape index (κ2) is 5.75. The Morgan fingerprint density at radius 2 is 2.06 bits per heavy atom. The number of rotatable bonds is 3. The molecule has 0 saturated carbocycles. The molecule has 1 aliphatic rings. The molecule has 1 aromatic rings. The van der Waals surface area contributed by atoms with Crippen molar-refractivity contribution in [3.05, 3.63) is 29.8 Å². The van der Waals surface area contributed by atoms with Crippen LogP contribution in [-0.4, -0.2) is 25.2 Å². The summed E-state index contributed by atoms with van der Waals surface area (Å²) in [7, 11) is 0. The summed E-state index contributed by atoms with van der Waals surface area (Å²) in [6, 6.07) is 8.85. The van der Waals surface area contributed by atoms with Crippen LogP contribution in [0.2, 0.25) is 0 Å². The molecule has 0 aliphatic carbocycles. The molecule has 1 fully saturated rings. The number of nitrogens with zero attached hydrogens (tertiary/aromatic N) is 1. The fourth-order valence-corrected chi connectivity index (χ4v) is 2.78. The monoisotopic (exact) mass is 246 g/mol. The molecule has 100 valence electrons. The lowest BCUT2D eigenvalue weighted by Gasteiger charge is -2.34. The Labute approximate surface area is 111 Å². The topological polar surface area (TPSA) is 15.3 Å². The lowest BCUT2D eigenvalue weighted by molar-refractivity contribution is 0.366. The highest BCUT2D eigenvalue weighted by molar-refractivity contribution is 5.54. The summed E-state index contributed by atoms with van der Waals surface area (Å²) in [4.78, 5) is 2.57. The van der Waals surface area contributed by atoms with E-state index in [1.54, 1.807) is 0 Å². The van der Waals surface area contributed by atoms with Crippen LogP contribution in [0.25, 0.3) is 0 Å². The third kappa shape index (κ3) is 2.86. The van der Waals surface area contributed by atoms with E-state index in [0.717, 1.165) is 19.5 Å². The van der Waals surface area contributed by atoms with Crippen LogP contribution in [0, 0.1) is 0 Å². The second-order valence-corrected chi connectivity index (χ2v) is 5.60. The van der Waals surface area contributed by atoms with Crippen LogP contribution in [-0.2, 0) is 6.42 Å². The van der Waals surface area contributed by atoms with E-state index < -0.39 is 0 Å². The summed E-state index contributed by atoms with van der Waals surface area (Å²) in [6.45, 7) is 10.3. The Morgan fingerprint density at radius 3 is 2.78 bits per heavy atom. The van der Waals surface area contributed by atoms with Crippen molar-refractivity contribution in [1.29, 1.82) is 0 Å². The van der Waals surface area contributed by atoms with Gasteiger partial charge in [-0.2, -0.15) is 0 Å². The maximum Gasteiger partial charge on any atom is 0.0399 e. The standard InChI is InChI=1S/C16H26N2/c1-4-14-9-6-7-10-15(14)18-12-8-11-17-16(3,5-2)13-18/h6-7,9-10,17H,4-5,8,11-13H2,1-3H3. The van der Waals surface area contributed by atoms with Gasteiger partial charge in [-0.15, -0.1) is 0 Å². The predicted molar refractivity (Wildman–Crippen MR) is 79.3 cm³/mol. The Morgan fingerprint density at radius 1 is 1.28 bits per heavy atom. The second-order valence-electron chi connectivity index (χ2n) is 5.60. The van der Waals surface area contributed by atoms with Crippen LogP contribution in [0.15, 0.2) is 24.3 Å². The highest BCUT2D eigenvalue weighted by Crippen LogP contribution is 2.25. The molecule has 0 aromatic heterocycles. The zero-order valence-electron chi connectivity index (χ0n) is 12.0. The summed E-state index contributed by atoms with van der Waals surface area (Å²) in [5.74, 6) is 0. The SMILES string of the molecule is CCc1ccccc1N1CCCNC(C)(CC)C1. The summed E-state index contributed by atoms with van der Waals surface area (Å²) < 4.78 is 0. The molecule has 18 heavy (non-hydrogen) atoms. The van der Waals surface area contributed by atoms with E-state index in [1.165, 1.54) is 30.6 Å². The lowest BCUT2D eigenvalue weighted by Crippen LogP contribution is -2.48. The van der Waals surface area contributed by atoms with Crippen molar-refractivity contribution < 1.29 is 0 Å². The van der Waals surface area contributed by atoms with E-state index in [2.05, 4.69) is 55.3 Å². The molecule has 1 heterocycles. The average molecular weight is 246 g/mol. The van der Waals surface area contributed by atoms with Gasteiger partial charge in [-0.25, -0.2) is 0 Å². The first-order chi connectivity index (χ1) is 8.68. The Bertz CT molecular complexity index is 388. The van der Waals surface area contributed by atoms with Crippen LogP contribution < -0.4 is 10.2 Å². The minimum Gasteiger partial charge on any atom is -0.369 e. The van der Waals surface area contributed by atoms with Crippen LogP contribution in [0.3, 0.4) is 0 Å². The van der Waals surface area contributed by atoms with Crippen molar-refractivity contribution in [2.75, 3.05) is 24.5 Å². The largest absolute Gasteiger partial charge is 0.369 e. The normalized spacial score (nSPS) is 24.9. The first-order valence-corrected chi connectivity index (χ1v) is 7.26. The van der Waals surface area contributed by atoms with Gasteiger partial charge < -0.3 is 10.2 Å². The minimum absolute atomic E-state index is 0.247. The third-order valence-corrected chi connectivity index (χ3v) is 4.19. The minimum atomic E-state index is 0.247. The first kappa shape index (κ1) is 13.4. The van der Waals surface area contributed by atoms with Crippen LogP contribution in [0.4, 0.5) is 5.69 Å². The van der Waals surface area contributed by atoms with Gasteiger partial charge in [0, 0.05) is 24.3 Å². The number of anilines is 1. The molecule has 0 spiro atoms. The van der Waals surface area contributed by atoms with Gasteiger partial charge in [-0.05, 0) is 44.4 Å². The molecule has 1 saturated heterocycles. The lowest BCUT2D eigenvalue weighted by atomic mass is 9.98. The first-order valence-electron chi connectivity index (χ1n) is 7.26. The summed E-state index contributed by atoms with van der Waals surface area (Å²) in [5.41, 5.74) is 3.15. The van der Waals surface area contributed by atoms with Crippen molar-refractivity contribution in [2.24, 2.45) is 0 Å². The molecule has 2 heteroatoms. The predicted octanol–water partition coefficient (Wildman–Crippen LogP) is 3.22. The molecular formula is C16H26N2. The van der Waals surface area contributed by atoms with Gasteiger partial charge in [0.2, 0.25) is 0 Å². The van der Waals surface area contributed by atoms with Gasteiger partial charge in [0.15, 0.2) is 0 Å². The molecule has 0 bridgehead atoms. The number of benzene rings is 1. The third-order valence-electron chi connectivity index (χ3n) is 4.19. The number of nitrogens with one attached hydrogen (secondary N) is 1.